The molecule has 0 aromatic rings. The molecule has 1 N–H and O–H groups in total. The van der Waals surface area contributed by atoms with Gasteiger partial charge < -0.3 is 17.7 Å². The summed E-state index contributed by atoms with van der Waals surface area (Å²) in [6, 6.07) is 0. The van der Waals surface area contributed by atoms with Crippen molar-refractivity contribution in [2.45, 2.75) is 6.42 Å². The van der Waals surface area contributed by atoms with Crippen LogP contribution >= 0.6 is 0 Å². The van der Waals surface area contributed by atoms with Gasteiger partial charge in [0.25, 0.3) is 0 Å². The Kier molecular flexibility index (Phi) is 5.08. The van der Waals surface area contributed by atoms with Crippen LogP contribution in [0, 0.1) is 0 Å². The third-order valence-corrected chi connectivity index (χ3v) is 3.07. The number of hydrogen-bond acceptors (Lipinski definition) is 3. The van der Waals surface area contributed by atoms with Gasteiger partial charge in [-0.25, -0.2) is 12.7 Å². The minimum absolute atomic E-state index is 0. The Labute approximate surface area is 79.8 Å². The minimum Gasteiger partial charge on any atom is -1.00 e. The topological polar surface area (TPSA) is 49.4 Å². The number of sulfonamides is 1. The first-order chi connectivity index (χ1) is 5.11. The molecular formula is C6H14ClN2O2S-. The summed E-state index contributed by atoms with van der Waals surface area (Å²) < 4.78 is 23.6. The molecule has 0 aromatic carbocycles. The molecule has 4 nitrogen and oxygen atoms in total. The quantitative estimate of drug-likeness (QED) is 0.487. The summed E-state index contributed by atoms with van der Waals surface area (Å²) in [5.74, 6) is 0. The van der Waals surface area contributed by atoms with Gasteiger partial charge >= 0.3 is 0 Å². The van der Waals surface area contributed by atoms with Crippen molar-refractivity contribution in [2.24, 2.45) is 0 Å². The fraction of sp³-hybridized carbons (Fsp3) is 1.00. The molecule has 1 aliphatic rings. The van der Waals surface area contributed by atoms with Crippen molar-refractivity contribution in [1.29, 1.82) is 0 Å². The molecule has 0 aliphatic carbocycles. The minimum atomic E-state index is -2.96. The lowest BCUT2D eigenvalue weighted by Gasteiger charge is -2.15. The molecule has 0 amide bonds. The molecule has 0 bridgehead atoms. The second-order valence-corrected chi connectivity index (χ2v) is 4.75. The molecule has 0 spiro atoms. The zero-order valence-electron chi connectivity index (χ0n) is 7.09. The highest BCUT2D eigenvalue weighted by Gasteiger charge is 2.16. The summed E-state index contributed by atoms with van der Waals surface area (Å²) in [5.41, 5.74) is 0. The maximum atomic E-state index is 11.0. The maximum absolute atomic E-state index is 11.0. The first-order valence-electron chi connectivity index (χ1n) is 3.76. The Bertz CT molecular complexity index is 210. The monoisotopic (exact) mass is 213 g/mol. The highest BCUT2D eigenvalue weighted by molar-refractivity contribution is 7.88. The van der Waals surface area contributed by atoms with Gasteiger partial charge in [-0.3, -0.25) is 0 Å². The smallest absolute Gasteiger partial charge is 0.211 e. The fourth-order valence-corrected chi connectivity index (χ4v) is 2.04. The summed E-state index contributed by atoms with van der Waals surface area (Å²) in [5, 5.41) is 3.14. The molecule has 74 valence electrons. The molecule has 0 unspecified atom stereocenters. The van der Waals surface area contributed by atoms with Crippen LogP contribution in [0.15, 0.2) is 0 Å². The van der Waals surface area contributed by atoms with Gasteiger partial charge in [-0.1, -0.05) is 0 Å². The molecule has 0 radical (unpaired) electrons. The molecule has 6 heteroatoms. The molecule has 12 heavy (non-hydrogen) atoms. The van der Waals surface area contributed by atoms with Gasteiger partial charge in [-0.15, -0.1) is 0 Å². The zero-order valence-corrected chi connectivity index (χ0v) is 8.66. The number of nitrogens with one attached hydrogen (secondary N) is 1. The highest BCUT2D eigenvalue weighted by atomic mass is 35.5. The molecule has 0 saturated carbocycles. The van der Waals surface area contributed by atoms with Crippen LogP contribution in [-0.4, -0.2) is 45.2 Å². The van der Waals surface area contributed by atoms with Crippen molar-refractivity contribution >= 4 is 10.0 Å². The summed E-state index contributed by atoms with van der Waals surface area (Å²) >= 11 is 0. The number of hydrogen-bond donors (Lipinski definition) is 1. The molecule has 1 rings (SSSR count). The summed E-state index contributed by atoms with van der Waals surface area (Å²) in [6.07, 6.45) is 2.17. The van der Waals surface area contributed by atoms with E-state index >= 15 is 0 Å². The molecule has 1 saturated heterocycles. The van der Waals surface area contributed by atoms with Crippen molar-refractivity contribution in [1.82, 2.24) is 9.62 Å². The Balaban J connectivity index is 0.00000121. The van der Waals surface area contributed by atoms with Gasteiger partial charge in [0.1, 0.15) is 0 Å². The lowest BCUT2D eigenvalue weighted by molar-refractivity contribution is -0.00000506. The Hall–Kier alpha value is 0.160. The van der Waals surface area contributed by atoms with E-state index in [2.05, 4.69) is 5.32 Å². The van der Waals surface area contributed by atoms with E-state index in [1.54, 1.807) is 0 Å². The van der Waals surface area contributed by atoms with E-state index in [0.29, 0.717) is 13.1 Å². The number of rotatable bonds is 1. The van der Waals surface area contributed by atoms with Crippen LogP contribution in [0.1, 0.15) is 6.42 Å². The SMILES string of the molecule is CS(=O)(=O)N1CCCNCC1.[Cl-]. The number of nitrogens with zero attached hydrogens (tertiary/aromatic N) is 1. The van der Waals surface area contributed by atoms with Gasteiger partial charge in [0, 0.05) is 19.6 Å². The standard InChI is InChI=1S/C6H14N2O2S.ClH/c1-11(9,10)8-5-2-3-7-4-6-8;/h7H,2-6H2,1H3;1H/p-1. The third kappa shape index (κ3) is 3.71. The predicted molar refractivity (Wildman–Crippen MR) is 43.9 cm³/mol. The molecular weight excluding hydrogens is 200 g/mol. The highest BCUT2D eigenvalue weighted by Crippen LogP contribution is 2.00. The second-order valence-electron chi connectivity index (χ2n) is 2.77. The maximum Gasteiger partial charge on any atom is 0.211 e. The van der Waals surface area contributed by atoms with Crippen LogP contribution in [0.5, 0.6) is 0 Å². The van der Waals surface area contributed by atoms with Crippen LogP contribution in [-0.2, 0) is 10.0 Å². The van der Waals surface area contributed by atoms with Gasteiger partial charge in [0.15, 0.2) is 0 Å². The predicted octanol–water partition coefficient (Wildman–Crippen LogP) is -3.75. The van der Waals surface area contributed by atoms with E-state index in [9.17, 15) is 8.42 Å². The van der Waals surface area contributed by atoms with Gasteiger partial charge in [-0.2, -0.15) is 0 Å². The van der Waals surface area contributed by atoms with E-state index < -0.39 is 10.0 Å². The average molecular weight is 214 g/mol. The average Bonchev–Trinajstić information content (AvgIpc) is 2.10. The van der Waals surface area contributed by atoms with Crippen LogP contribution in [0.3, 0.4) is 0 Å². The van der Waals surface area contributed by atoms with E-state index in [4.69, 9.17) is 0 Å². The lowest BCUT2D eigenvalue weighted by atomic mass is 10.4. The van der Waals surface area contributed by atoms with Gasteiger partial charge in [0.05, 0.1) is 6.26 Å². The second kappa shape index (κ2) is 5.01. The first kappa shape index (κ1) is 12.2. The Morgan fingerprint density at radius 1 is 1.25 bits per heavy atom. The summed E-state index contributed by atoms with van der Waals surface area (Å²) in [7, 11) is -2.96. The molecule has 0 aromatic heterocycles. The molecule has 1 fully saturated rings. The van der Waals surface area contributed by atoms with Crippen molar-refractivity contribution in [3.05, 3.63) is 0 Å². The molecule has 1 heterocycles. The summed E-state index contributed by atoms with van der Waals surface area (Å²) in [6.45, 7) is 2.96. The number of halogens is 1. The van der Waals surface area contributed by atoms with Crippen molar-refractivity contribution in [3.63, 3.8) is 0 Å². The van der Waals surface area contributed by atoms with Crippen LogP contribution < -0.4 is 17.7 Å². The zero-order chi connectivity index (χ0) is 8.32. The first-order valence-corrected chi connectivity index (χ1v) is 5.61. The van der Waals surface area contributed by atoms with Crippen LogP contribution in [0.4, 0.5) is 0 Å². The van der Waals surface area contributed by atoms with E-state index in [1.807, 2.05) is 0 Å². The van der Waals surface area contributed by atoms with Gasteiger partial charge in [-0.05, 0) is 13.0 Å². The van der Waals surface area contributed by atoms with Crippen molar-refractivity contribution < 1.29 is 20.8 Å². The van der Waals surface area contributed by atoms with Crippen molar-refractivity contribution in [3.8, 4) is 0 Å². The summed E-state index contributed by atoms with van der Waals surface area (Å²) in [4.78, 5) is 0. The van der Waals surface area contributed by atoms with E-state index in [1.165, 1.54) is 10.6 Å². The Morgan fingerprint density at radius 2 is 1.92 bits per heavy atom. The van der Waals surface area contributed by atoms with Crippen LogP contribution in [0.2, 0.25) is 0 Å². The third-order valence-electron chi connectivity index (χ3n) is 1.77. The normalized spacial score (nSPS) is 21.1. The molecule has 1 aliphatic heterocycles. The fourth-order valence-electron chi connectivity index (χ4n) is 1.15. The van der Waals surface area contributed by atoms with Crippen molar-refractivity contribution in [2.75, 3.05) is 32.4 Å². The van der Waals surface area contributed by atoms with E-state index in [-0.39, 0.29) is 12.4 Å². The Morgan fingerprint density at radius 3 is 2.50 bits per heavy atom. The molecule has 0 atom stereocenters. The van der Waals surface area contributed by atoms with E-state index in [0.717, 1.165) is 19.5 Å². The van der Waals surface area contributed by atoms with Gasteiger partial charge in [0.2, 0.25) is 10.0 Å². The lowest BCUT2D eigenvalue weighted by Crippen LogP contribution is -3.00. The van der Waals surface area contributed by atoms with Crippen LogP contribution in [0.25, 0.3) is 0 Å². The largest absolute Gasteiger partial charge is 1.00 e.